The quantitative estimate of drug-likeness (QED) is 0.530. The summed E-state index contributed by atoms with van der Waals surface area (Å²) < 4.78 is 0. The van der Waals surface area contributed by atoms with E-state index >= 15 is 0 Å². The van der Waals surface area contributed by atoms with Crippen LogP contribution in [0.5, 0.6) is 0 Å². The van der Waals surface area contributed by atoms with E-state index in [-0.39, 0.29) is 12.4 Å². The monoisotopic (exact) mass is 318 g/mol. The molecule has 1 N–H and O–H groups in total. The molecule has 0 heterocycles. The summed E-state index contributed by atoms with van der Waals surface area (Å²) in [5, 5.41) is 11.0. The first kappa shape index (κ1) is 18.5. The zero-order chi connectivity index (χ0) is 15.1. The summed E-state index contributed by atoms with van der Waals surface area (Å²) >= 11 is 0. The summed E-state index contributed by atoms with van der Waals surface area (Å²) in [6, 6.07) is 14.6. The third-order valence-electron chi connectivity index (χ3n) is 3.92. The van der Waals surface area contributed by atoms with Gasteiger partial charge in [0.25, 0.3) is 0 Å². The molecule has 2 nitrogen and oxygen atoms in total. The number of hydrogen-bond acceptors (Lipinski definition) is 1. The second kappa shape index (κ2) is 9.47. The first-order valence-corrected chi connectivity index (χ1v) is 8.09. The molecular weight excluding hydrogens is 292 g/mol. The topological polar surface area (TPSA) is 27.1 Å². The number of halogens is 1. The third-order valence-corrected chi connectivity index (χ3v) is 3.92. The van der Waals surface area contributed by atoms with Crippen molar-refractivity contribution in [2.24, 2.45) is 0 Å². The van der Waals surface area contributed by atoms with E-state index in [1.807, 2.05) is 0 Å². The Bertz CT molecular complexity index is 582. The van der Waals surface area contributed by atoms with Crippen LogP contribution >= 0.6 is 12.4 Å². The lowest BCUT2D eigenvalue weighted by atomic mass is 10.0. The smallest absolute Gasteiger partial charge is 0.128 e. The van der Waals surface area contributed by atoms with E-state index < -0.39 is 0 Å². The van der Waals surface area contributed by atoms with Gasteiger partial charge in [-0.1, -0.05) is 69.2 Å². The molecule has 0 saturated carbocycles. The highest BCUT2D eigenvalue weighted by Crippen LogP contribution is 2.20. The Morgan fingerprint density at radius 2 is 1.50 bits per heavy atom. The molecule has 0 radical (unpaired) electrons. The van der Waals surface area contributed by atoms with Crippen molar-refractivity contribution < 1.29 is 0 Å². The molecule has 0 bridgehead atoms. The van der Waals surface area contributed by atoms with Crippen LogP contribution in [0, 0.1) is 5.41 Å². The van der Waals surface area contributed by atoms with Crippen molar-refractivity contribution in [2.75, 3.05) is 13.1 Å². The lowest BCUT2D eigenvalue weighted by Gasteiger charge is -2.26. The maximum absolute atomic E-state index is 8.65. The molecular formula is C19H27ClN2. The first-order valence-electron chi connectivity index (χ1n) is 8.09. The van der Waals surface area contributed by atoms with Crippen molar-refractivity contribution in [3.63, 3.8) is 0 Å². The van der Waals surface area contributed by atoms with E-state index in [2.05, 4.69) is 61.2 Å². The minimum absolute atomic E-state index is 0. The fourth-order valence-electron chi connectivity index (χ4n) is 2.64. The van der Waals surface area contributed by atoms with Gasteiger partial charge < -0.3 is 4.90 Å². The van der Waals surface area contributed by atoms with Crippen LogP contribution in [0.15, 0.2) is 42.5 Å². The number of rotatable bonds is 7. The van der Waals surface area contributed by atoms with Gasteiger partial charge in [0, 0.05) is 18.7 Å². The molecule has 120 valence electrons. The molecule has 0 amide bonds. The average molecular weight is 319 g/mol. The van der Waals surface area contributed by atoms with Crippen LogP contribution in [-0.2, 0) is 0 Å². The minimum Gasteiger partial charge on any atom is -0.357 e. The predicted octanol–water partition coefficient (Wildman–Crippen LogP) is 5.49. The highest BCUT2D eigenvalue weighted by Gasteiger charge is 2.13. The molecule has 0 spiro atoms. The van der Waals surface area contributed by atoms with Crippen LogP contribution in [0.1, 0.15) is 45.1 Å². The van der Waals surface area contributed by atoms with Crippen LogP contribution in [-0.4, -0.2) is 23.8 Å². The van der Waals surface area contributed by atoms with Crippen LogP contribution in [0.2, 0.25) is 0 Å². The fraction of sp³-hybridized carbons (Fsp3) is 0.421. The molecule has 0 unspecified atom stereocenters. The second-order valence-corrected chi connectivity index (χ2v) is 5.57. The van der Waals surface area contributed by atoms with E-state index in [0.717, 1.165) is 31.5 Å². The van der Waals surface area contributed by atoms with Crippen molar-refractivity contribution in [2.45, 2.75) is 39.5 Å². The molecule has 2 aromatic rings. The summed E-state index contributed by atoms with van der Waals surface area (Å²) in [5.74, 6) is 0.675. The molecule has 22 heavy (non-hydrogen) atoms. The van der Waals surface area contributed by atoms with E-state index in [9.17, 15) is 0 Å². The standard InChI is InChI=1S/C19H26N2.ClH/c1-3-5-14-21(15-6-4-2)19(20)18-13-9-11-16-10-7-8-12-17(16)18;/h7-13,20H,3-6,14-15H2,1-2H3;1H. The van der Waals surface area contributed by atoms with Gasteiger partial charge in [0.1, 0.15) is 5.84 Å². The summed E-state index contributed by atoms with van der Waals surface area (Å²) in [7, 11) is 0. The number of hydrogen-bond donors (Lipinski definition) is 1. The van der Waals surface area contributed by atoms with Crippen molar-refractivity contribution >= 4 is 29.0 Å². The number of nitrogens with one attached hydrogen (secondary N) is 1. The number of benzene rings is 2. The van der Waals surface area contributed by atoms with Gasteiger partial charge in [-0.2, -0.15) is 0 Å². The molecule has 0 aliphatic heterocycles. The van der Waals surface area contributed by atoms with Crippen LogP contribution in [0.4, 0.5) is 0 Å². The number of amidine groups is 1. The Labute approximate surface area is 140 Å². The van der Waals surface area contributed by atoms with Gasteiger partial charge in [-0.15, -0.1) is 12.4 Å². The van der Waals surface area contributed by atoms with E-state index in [1.54, 1.807) is 0 Å². The molecule has 2 aromatic carbocycles. The highest BCUT2D eigenvalue weighted by molar-refractivity contribution is 6.08. The van der Waals surface area contributed by atoms with Crippen molar-refractivity contribution in [3.05, 3.63) is 48.0 Å². The van der Waals surface area contributed by atoms with Crippen molar-refractivity contribution in [1.82, 2.24) is 4.90 Å². The summed E-state index contributed by atoms with van der Waals surface area (Å²) in [6.45, 7) is 6.39. The van der Waals surface area contributed by atoms with Gasteiger partial charge in [0.2, 0.25) is 0 Å². The molecule has 2 rings (SSSR count). The zero-order valence-corrected chi connectivity index (χ0v) is 14.5. The number of fused-ring (bicyclic) bond motifs is 1. The maximum atomic E-state index is 8.65. The Morgan fingerprint density at radius 3 is 2.14 bits per heavy atom. The van der Waals surface area contributed by atoms with Crippen LogP contribution < -0.4 is 0 Å². The Kier molecular flexibility index (Phi) is 7.97. The van der Waals surface area contributed by atoms with Gasteiger partial charge in [-0.3, -0.25) is 5.41 Å². The normalized spacial score (nSPS) is 10.3. The van der Waals surface area contributed by atoms with Gasteiger partial charge in [0.15, 0.2) is 0 Å². The molecule has 3 heteroatoms. The highest BCUT2D eigenvalue weighted by atomic mass is 35.5. The molecule has 0 atom stereocenters. The van der Waals surface area contributed by atoms with Gasteiger partial charge >= 0.3 is 0 Å². The van der Waals surface area contributed by atoms with Gasteiger partial charge in [-0.25, -0.2) is 0 Å². The summed E-state index contributed by atoms with van der Waals surface area (Å²) in [6.07, 6.45) is 4.64. The third kappa shape index (κ3) is 4.48. The van der Waals surface area contributed by atoms with Crippen molar-refractivity contribution in [3.8, 4) is 0 Å². The Balaban J connectivity index is 0.00000242. The summed E-state index contributed by atoms with van der Waals surface area (Å²) in [4.78, 5) is 2.24. The van der Waals surface area contributed by atoms with Gasteiger partial charge in [0.05, 0.1) is 0 Å². The summed E-state index contributed by atoms with van der Waals surface area (Å²) in [5.41, 5.74) is 1.06. The SMILES string of the molecule is CCCCN(CCCC)C(=N)c1cccc2ccccc12.Cl. The van der Waals surface area contributed by atoms with Crippen LogP contribution in [0.25, 0.3) is 10.8 Å². The van der Waals surface area contributed by atoms with Crippen molar-refractivity contribution in [1.29, 1.82) is 5.41 Å². The zero-order valence-electron chi connectivity index (χ0n) is 13.6. The number of unbranched alkanes of at least 4 members (excludes halogenated alkanes) is 2. The lowest BCUT2D eigenvalue weighted by molar-refractivity contribution is 0.397. The molecule has 0 saturated heterocycles. The largest absolute Gasteiger partial charge is 0.357 e. The van der Waals surface area contributed by atoms with Gasteiger partial charge in [-0.05, 0) is 23.6 Å². The Morgan fingerprint density at radius 1 is 0.909 bits per heavy atom. The maximum Gasteiger partial charge on any atom is 0.128 e. The average Bonchev–Trinajstić information content (AvgIpc) is 2.54. The predicted molar refractivity (Wildman–Crippen MR) is 99.4 cm³/mol. The fourth-order valence-corrected chi connectivity index (χ4v) is 2.64. The molecule has 0 aliphatic carbocycles. The van der Waals surface area contributed by atoms with Crippen LogP contribution in [0.3, 0.4) is 0 Å². The number of nitrogens with zero attached hydrogens (tertiary/aromatic N) is 1. The van der Waals surface area contributed by atoms with E-state index in [0.29, 0.717) is 5.84 Å². The minimum atomic E-state index is 0. The Hall–Kier alpha value is -1.54. The van der Waals surface area contributed by atoms with E-state index in [4.69, 9.17) is 5.41 Å². The first-order chi connectivity index (χ1) is 10.3. The molecule has 0 fully saturated rings. The van der Waals surface area contributed by atoms with E-state index in [1.165, 1.54) is 23.6 Å². The molecule has 0 aromatic heterocycles. The second-order valence-electron chi connectivity index (χ2n) is 5.57. The lowest BCUT2D eigenvalue weighted by Crippen LogP contribution is -2.33. The molecule has 0 aliphatic rings.